The van der Waals surface area contributed by atoms with E-state index in [1.807, 2.05) is 0 Å². The highest BCUT2D eigenvalue weighted by Gasteiger charge is 2.12. The van der Waals surface area contributed by atoms with Gasteiger partial charge in [-0.2, -0.15) is 0 Å². The lowest BCUT2D eigenvalue weighted by molar-refractivity contribution is -0.384. The van der Waals surface area contributed by atoms with Crippen LogP contribution < -0.4 is 10.6 Å². The molecule has 7 heteroatoms. The fourth-order valence-electron chi connectivity index (χ4n) is 1.16. The number of rotatable bonds is 3. The zero-order valence-electron chi connectivity index (χ0n) is 9.43. The number of nitro groups is 1. The Morgan fingerprint density at radius 3 is 2.59 bits per heavy atom. The quantitative estimate of drug-likeness (QED) is 0.425. The van der Waals surface area contributed by atoms with Gasteiger partial charge in [0, 0.05) is 12.1 Å². The second-order valence-electron chi connectivity index (χ2n) is 3.71. The molecule has 2 amide bonds. The van der Waals surface area contributed by atoms with Gasteiger partial charge in [-0.3, -0.25) is 10.1 Å². The normalized spacial score (nSPS) is 10.1. The van der Waals surface area contributed by atoms with Crippen LogP contribution in [0.2, 0.25) is 0 Å². The van der Waals surface area contributed by atoms with E-state index in [0.717, 1.165) is 6.07 Å². The third-order valence-corrected chi connectivity index (χ3v) is 1.86. The van der Waals surface area contributed by atoms with E-state index in [4.69, 9.17) is 0 Å². The molecule has 0 aliphatic rings. The maximum Gasteiger partial charge on any atom is 0.319 e. The van der Waals surface area contributed by atoms with Crippen LogP contribution in [0.25, 0.3) is 0 Å². The van der Waals surface area contributed by atoms with Gasteiger partial charge in [-0.05, 0) is 19.9 Å². The average molecular weight is 239 g/mol. The minimum atomic E-state index is -0.627. The van der Waals surface area contributed by atoms with Crippen molar-refractivity contribution in [3.05, 3.63) is 28.3 Å². The van der Waals surface area contributed by atoms with E-state index >= 15 is 0 Å². The van der Waals surface area contributed by atoms with Crippen molar-refractivity contribution in [2.24, 2.45) is 0 Å². The minimum absolute atomic E-state index is 0.0461. The SMILES string of the molecule is CC(C)NC(=O)Nc1ccc([N+](=O)[O-])cc1O. The molecule has 0 aromatic heterocycles. The lowest BCUT2D eigenvalue weighted by atomic mass is 10.2. The first-order valence-corrected chi connectivity index (χ1v) is 4.95. The maximum atomic E-state index is 11.3. The van der Waals surface area contributed by atoms with Crippen molar-refractivity contribution >= 4 is 17.4 Å². The smallest absolute Gasteiger partial charge is 0.319 e. The van der Waals surface area contributed by atoms with Crippen LogP contribution in [0, 0.1) is 10.1 Å². The van der Waals surface area contributed by atoms with Crippen LogP contribution in [0.3, 0.4) is 0 Å². The van der Waals surface area contributed by atoms with Gasteiger partial charge in [0.25, 0.3) is 5.69 Å². The number of carbonyl (C=O) groups excluding carboxylic acids is 1. The topological polar surface area (TPSA) is 104 Å². The summed E-state index contributed by atoms with van der Waals surface area (Å²) in [5.74, 6) is -0.349. The summed E-state index contributed by atoms with van der Waals surface area (Å²) in [6, 6.07) is 2.92. The number of hydrogen-bond donors (Lipinski definition) is 3. The molecule has 3 N–H and O–H groups in total. The number of amides is 2. The van der Waals surface area contributed by atoms with E-state index in [1.165, 1.54) is 12.1 Å². The summed E-state index contributed by atoms with van der Waals surface area (Å²) < 4.78 is 0. The fourth-order valence-corrected chi connectivity index (χ4v) is 1.16. The number of hydrogen-bond acceptors (Lipinski definition) is 4. The highest BCUT2D eigenvalue weighted by Crippen LogP contribution is 2.27. The van der Waals surface area contributed by atoms with Crippen LogP contribution in [0.15, 0.2) is 18.2 Å². The second kappa shape index (κ2) is 5.15. The molecular weight excluding hydrogens is 226 g/mol. The molecule has 7 nitrogen and oxygen atoms in total. The zero-order chi connectivity index (χ0) is 13.0. The van der Waals surface area contributed by atoms with Crippen molar-refractivity contribution in [1.29, 1.82) is 0 Å². The molecule has 0 unspecified atom stereocenters. The third kappa shape index (κ3) is 3.63. The Kier molecular flexibility index (Phi) is 3.86. The van der Waals surface area contributed by atoms with Crippen LogP contribution in [0.5, 0.6) is 5.75 Å². The van der Waals surface area contributed by atoms with Gasteiger partial charge in [-0.15, -0.1) is 0 Å². The summed E-state index contributed by atoms with van der Waals surface area (Å²) in [6.07, 6.45) is 0. The first-order valence-electron chi connectivity index (χ1n) is 4.95. The lowest BCUT2D eigenvalue weighted by Gasteiger charge is -2.10. The lowest BCUT2D eigenvalue weighted by Crippen LogP contribution is -2.34. The number of aromatic hydroxyl groups is 1. The molecule has 1 aromatic carbocycles. The molecule has 0 radical (unpaired) electrons. The van der Waals surface area contributed by atoms with E-state index < -0.39 is 11.0 Å². The van der Waals surface area contributed by atoms with Crippen molar-refractivity contribution in [2.75, 3.05) is 5.32 Å². The van der Waals surface area contributed by atoms with Crippen LogP contribution in [-0.4, -0.2) is 22.1 Å². The monoisotopic (exact) mass is 239 g/mol. The second-order valence-corrected chi connectivity index (χ2v) is 3.71. The molecule has 1 aromatic rings. The van der Waals surface area contributed by atoms with Gasteiger partial charge in [-0.25, -0.2) is 4.79 Å². The molecule has 0 aliphatic heterocycles. The summed E-state index contributed by atoms with van der Waals surface area (Å²) in [7, 11) is 0. The molecule has 17 heavy (non-hydrogen) atoms. The molecule has 0 bridgehead atoms. The van der Waals surface area contributed by atoms with Gasteiger partial charge in [0.15, 0.2) is 0 Å². The molecule has 0 atom stereocenters. The summed E-state index contributed by atoms with van der Waals surface area (Å²) in [4.78, 5) is 21.1. The number of anilines is 1. The van der Waals surface area contributed by atoms with E-state index in [1.54, 1.807) is 13.8 Å². The predicted octanol–water partition coefficient (Wildman–Crippen LogP) is 1.83. The van der Waals surface area contributed by atoms with Crippen molar-refractivity contribution in [3.8, 4) is 5.75 Å². The minimum Gasteiger partial charge on any atom is -0.506 e. The van der Waals surface area contributed by atoms with E-state index in [9.17, 15) is 20.0 Å². The van der Waals surface area contributed by atoms with Gasteiger partial charge in [0.2, 0.25) is 0 Å². The molecule has 1 rings (SSSR count). The molecule has 92 valence electrons. The summed E-state index contributed by atoms with van der Waals surface area (Å²) in [5.41, 5.74) is -0.119. The Bertz CT molecular complexity index is 445. The fraction of sp³-hybridized carbons (Fsp3) is 0.300. The van der Waals surface area contributed by atoms with Crippen LogP contribution in [-0.2, 0) is 0 Å². The van der Waals surface area contributed by atoms with Gasteiger partial charge in [0.1, 0.15) is 5.75 Å². The molecule has 0 saturated heterocycles. The van der Waals surface area contributed by atoms with Crippen LogP contribution >= 0.6 is 0 Å². The number of nitrogens with zero attached hydrogens (tertiary/aromatic N) is 1. The van der Waals surface area contributed by atoms with E-state index in [-0.39, 0.29) is 23.2 Å². The zero-order valence-corrected chi connectivity index (χ0v) is 9.43. The number of phenolic OH excluding ortho intramolecular Hbond substituents is 1. The maximum absolute atomic E-state index is 11.3. The first-order chi connectivity index (χ1) is 7.90. The van der Waals surface area contributed by atoms with E-state index in [2.05, 4.69) is 10.6 Å². The van der Waals surface area contributed by atoms with Gasteiger partial charge in [-0.1, -0.05) is 0 Å². The Hall–Kier alpha value is -2.31. The van der Waals surface area contributed by atoms with Crippen molar-refractivity contribution < 1.29 is 14.8 Å². The van der Waals surface area contributed by atoms with Crippen molar-refractivity contribution in [3.63, 3.8) is 0 Å². The van der Waals surface area contributed by atoms with Gasteiger partial charge >= 0.3 is 6.03 Å². The Morgan fingerprint density at radius 2 is 2.12 bits per heavy atom. The number of nitrogens with one attached hydrogen (secondary N) is 2. The molecule has 0 fully saturated rings. The van der Waals surface area contributed by atoms with Gasteiger partial charge < -0.3 is 15.7 Å². The number of urea groups is 1. The average Bonchev–Trinajstić information content (AvgIpc) is 2.19. The number of phenols is 1. The highest BCUT2D eigenvalue weighted by molar-refractivity contribution is 5.91. The summed E-state index contributed by atoms with van der Waals surface area (Å²) in [6.45, 7) is 3.57. The standard InChI is InChI=1S/C10H13N3O4/c1-6(2)11-10(15)12-8-4-3-7(13(16)17)5-9(8)14/h3-6,14H,1-2H3,(H2,11,12,15). The predicted molar refractivity (Wildman–Crippen MR) is 62.1 cm³/mol. The third-order valence-electron chi connectivity index (χ3n) is 1.86. The molecular formula is C10H13N3O4. The van der Waals surface area contributed by atoms with E-state index in [0.29, 0.717) is 0 Å². The number of benzene rings is 1. The molecule has 0 heterocycles. The summed E-state index contributed by atoms with van der Waals surface area (Å²) >= 11 is 0. The Labute approximate surface area is 97.6 Å². The first kappa shape index (κ1) is 12.8. The van der Waals surface area contributed by atoms with Crippen molar-refractivity contribution in [2.45, 2.75) is 19.9 Å². The van der Waals surface area contributed by atoms with Crippen LogP contribution in [0.1, 0.15) is 13.8 Å². The van der Waals surface area contributed by atoms with Crippen molar-refractivity contribution in [1.82, 2.24) is 5.32 Å². The molecule has 0 aliphatic carbocycles. The Balaban J connectivity index is 2.79. The summed E-state index contributed by atoms with van der Waals surface area (Å²) in [5, 5.41) is 24.8. The Morgan fingerprint density at radius 1 is 1.47 bits per heavy atom. The van der Waals surface area contributed by atoms with Gasteiger partial charge in [0.05, 0.1) is 16.7 Å². The highest BCUT2D eigenvalue weighted by atomic mass is 16.6. The number of nitro benzene ring substituents is 1. The molecule has 0 spiro atoms. The number of carbonyl (C=O) groups is 1. The molecule has 0 saturated carbocycles. The van der Waals surface area contributed by atoms with Crippen LogP contribution in [0.4, 0.5) is 16.2 Å². The number of non-ortho nitro benzene ring substituents is 1. The largest absolute Gasteiger partial charge is 0.506 e.